The second kappa shape index (κ2) is 8.87. The van der Waals surface area contributed by atoms with Crippen LogP contribution in [0.15, 0.2) is 18.2 Å². The minimum atomic E-state index is -0.123. The van der Waals surface area contributed by atoms with E-state index in [4.69, 9.17) is 0 Å². The number of anilines is 1. The number of halogens is 1. The van der Waals surface area contributed by atoms with Crippen molar-refractivity contribution in [1.29, 1.82) is 0 Å². The standard InChI is InChI=1S/C20H29N3O2.ClH/c1-12(2)21-19(24)16-11-15(9-8-13(16)3)22-20(25)18-10-14-6-4-5-7-17(14)23-18;/h8-9,11-12,14,17-18,23H,4-7,10H2,1-3H3,(H,21,24)(H,22,25);1H. The van der Waals surface area contributed by atoms with Gasteiger partial charge in [0.05, 0.1) is 6.04 Å². The molecule has 0 spiro atoms. The van der Waals surface area contributed by atoms with Gasteiger partial charge in [-0.15, -0.1) is 12.4 Å². The van der Waals surface area contributed by atoms with Gasteiger partial charge >= 0.3 is 0 Å². The first-order valence-electron chi connectivity index (χ1n) is 9.42. The lowest BCUT2D eigenvalue weighted by molar-refractivity contribution is -0.117. The molecule has 1 aromatic carbocycles. The topological polar surface area (TPSA) is 70.2 Å². The van der Waals surface area contributed by atoms with E-state index in [1.165, 1.54) is 25.7 Å². The van der Waals surface area contributed by atoms with Gasteiger partial charge in [-0.2, -0.15) is 0 Å². The highest BCUT2D eigenvalue weighted by molar-refractivity contribution is 5.99. The van der Waals surface area contributed by atoms with Crippen LogP contribution >= 0.6 is 12.4 Å². The summed E-state index contributed by atoms with van der Waals surface area (Å²) < 4.78 is 0. The smallest absolute Gasteiger partial charge is 0.251 e. The molecule has 3 rings (SSSR count). The largest absolute Gasteiger partial charge is 0.350 e. The van der Waals surface area contributed by atoms with Crippen molar-refractivity contribution in [2.24, 2.45) is 5.92 Å². The van der Waals surface area contributed by atoms with Crippen molar-refractivity contribution >= 4 is 29.9 Å². The van der Waals surface area contributed by atoms with Gasteiger partial charge in [-0.05, 0) is 63.6 Å². The molecule has 26 heavy (non-hydrogen) atoms. The summed E-state index contributed by atoms with van der Waals surface area (Å²) in [6.45, 7) is 5.78. The van der Waals surface area contributed by atoms with Gasteiger partial charge in [0.15, 0.2) is 0 Å². The quantitative estimate of drug-likeness (QED) is 0.750. The molecular formula is C20H30ClN3O2. The molecule has 1 aliphatic heterocycles. The van der Waals surface area contributed by atoms with Crippen LogP contribution in [-0.2, 0) is 4.79 Å². The van der Waals surface area contributed by atoms with E-state index in [1.54, 1.807) is 6.07 Å². The highest BCUT2D eigenvalue weighted by Crippen LogP contribution is 2.33. The van der Waals surface area contributed by atoms with Crippen LogP contribution in [0, 0.1) is 12.8 Å². The Balaban J connectivity index is 0.00000243. The van der Waals surface area contributed by atoms with Crippen molar-refractivity contribution in [3.8, 4) is 0 Å². The summed E-state index contributed by atoms with van der Waals surface area (Å²) in [5, 5.41) is 9.39. The number of carbonyl (C=O) groups excluding carboxylic acids is 2. The van der Waals surface area contributed by atoms with E-state index in [0.717, 1.165) is 12.0 Å². The van der Waals surface area contributed by atoms with Crippen molar-refractivity contribution in [2.75, 3.05) is 5.32 Å². The maximum absolute atomic E-state index is 12.6. The van der Waals surface area contributed by atoms with Gasteiger partial charge < -0.3 is 16.0 Å². The Bertz CT molecular complexity index is 648. The van der Waals surface area contributed by atoms with Crippen molar-refractivity contribution in [1.82, 2.24) is 10.6 Å². The average molecular weight is 380 g/mol. The third kappa shape index (κ3) is 4.77. The molecule has 2 aliphatic rings. The van der Waals surface area contributed by atoms with E-state index < -0.39 is 0 Å². The minimum absolute atomic E-state index is 0. The van der Waals surface area contributed by atoms with Gasteiger partial charge in [0, 0.05) is 23.3 Å². The summed E-state index contributed by atoms with van der Waals surface area (Å²) in [7, 11) is 0. The molecule has 6 heteroatoms. The summed E-state index contributed by atoms with van der Waals surface area (Å²) in [6, 6.07) is 5.97. The molecule has 0 aromatic heterocycles. The molecule has 0 radical (unpaired) electrons. The first-order chi connectivity index (χ1) is 11.9. The average Bonchev–Trinajstić information content (AvgIpc) is 3.00. The Morgan fingerprint density at radius 2 is 1.92 bits per heavy atom. The van der Waals surface area contributed by atoms with E-state index in [1.807, 2.05) is 32.9 Å². The molecule has 1 aromatic rings. The number of benzene rings is 1. The molecule has 5 nitrogen and oxygen atoms in total. The number of aryl methyl sites for hydroxylation is 1. The summed E-state index contributed by atoms with van der Waals surface area (Å²) >= 11 is 0. The Kier molecular flexibility index (Phi) is 7.07. The Morgan fingerprint density at radius 1 is 1.19 bits per heavy atom. The molecule has 144 valence electrons. The molecule has 2 amide bonds. The Labute approximate surface area is 162 Å². The Morgan fingerprint density at radius 3 is 2.62 bits per heavy atom. The highest BCUT2D eigenvalue weighted by atomic mass is 35.5. The number of hydrogen-bond acceptors (Lipinski definition) is 3. The molecule has 1 heterocycles. The fourth-order valence-corrected chi connectivity index (χ4v) is 4.03. The second-order valence-electron chi connectivity index (χ2n) is 7.75. The van der Waals surface area contributed by atoms with Crippen molar-refractivity contribution in [3.05, 3.63) is 29.3 Å². The fraction of sp³-hybridized carbons (Fsp3) is 0.600. The van der Waals surface area contributed by atoms with Gasteiger partial charge in [0.1, 0.15) is 0 Å². The van der Waals surface area contributed by atoms with Crippen LogP contribution in [0.4, 0.5) is 5.69 Å². The van der Waals surface area contributed by atoms with Crippen LogP contribution in [0.5, 0.6) is 0 Å². The van der Waals surface area contributed by atoms with Crippen molar-refractivity contribution in [3.63, 3.8) is 0 Å². The lowest BCUT2D eigenvalue weighted by atomic mass is 9.85. The number of hydrogen-bond donors (Lipinski definition) is 3. The normalized spacial score (nSPS) is 24.5. The zero-order valence-corrected chi connectivity index (χ0v) is 16.6. The number of nitrogens with one attached hydrogen (secondary N) is 3. The van der Waals surface area contributed by atoms with Crippen LogP contribution in [0.2, 0.25) is 0 Å². The number of rotatable bonds is 4. The van der Waals surface area contributed by atoms with Gasteiger partial charge in [-0.25, -0.2) is 0 Å². The number of fused-ring (bicyclic) bond motifs is 1. The van der Waals surface area contributed by atoms with E-state index in [9.17, 15) is 9.59 Å². The van der Waals surface area contributed by atoms with Crippen LogP contribution in [0.3, 0.4) is 0 Å². The summed E-state index contributed by atoms with van der Waals surface area (Å²) in [5.74, 6) is 0.539. The van der Waals surface area contributed by atoms with Crippen LogP contribution in [0.25, 0.3) is 0 Å². The lowest BCUT2D eigenvalue weighted by Crippen LogP contribution is -2.40. The number of carbonyl (C=O) groups is 2. The SMILES string of the molecule is Cc1ccc(NC(=O)C2CC3CCCCC3N2)cc1C(=O)NC(C)C.Cl. The Hall–Kier alpha value is -1.59. The third-order valence-electron chi connectivity index (χ3n) is 5.35. The van der Waals surface area contributed by atoms with Gasteiger partial charge in [0.25, 0.3) is 5.91 Å². The van der Waals surface area contributed by atoms with Crippen molar-refractivity contribution in [2.45, 2.75) is 71.0 Å². The zero-order valence-electron chi connectivity index (χ0n) is 15.8. The molecule has 1 aliphatic carbocycles. The van der Waals surface area contributed by atoms with E-state index in [0.29, 0.717) is 23.2 Å². The maximum Gasteiger partial charge on any atom is 0.251 e. The molecule has 0 bridgehead atoms. The number of amides is 2. The lowest BCUT2D eigenvalue weighted by Gasteiger charge is -2.24. The van der Waals surface area contributed by atoms with E-state index in [2.05, 4.69) is 16.0 Å². The summed E-state index contributed by atoms with van der Waals surface area (Å²) in [4.78, 5) is 24.9. The maximum atomic E-state index is 12.6. The fourth-order valence-electron chi connectivity index (χ4n) is 4.03. The molecule has 1 saturated heterocycles. The summed E-state index contributed by atoms with van der Waals surface area (Å²) in [5.41, 5.74) is 2.20. The minimum Gasteiger partial charge on any atom is -0.350 e. The summed E-state index contributed by atoms with van der Waals surface area (Å²) in [6.07, 6.45) is 5.87. The van der Waals surface area contributed by atoms with Crippen LogP contribution in [-0.4, -0.2) is 29.9 Å². The molecule has 3 unspecified atom stereocenters. The molecule has 3 atom stereocenters. The van der Waals surface area contributed by atoms with Crippen molar-refractivity contribution < 1.29 is 9.59 Å². The van der Waals surface area contributed by atoms with Gasteiger partial charge in [-0.3, -0.25) is 9.59 Å². The molecule has 1 saturated carbocycles. The van der Waals surface area contributed by atoms with E-state index >= 15 is 0 Å². The van der Waals surface area contributed by atoms with E-state index in [-0.39, 0.29) is 36.3 Å². The first-order valence-corrected chi connectivity index (χ1v) is 9.42. The monoisotopic (exact) mass is 379 g/mol. The molecule has 2 fully saturated rings. The predicted octanol–water partition coefficient (Wildman–Crippen LogP) is 3.41. The predicted molar refractivity (Wildman–Crippen MR) is 107 cm³/mol. The molecular weight excluding hydrogens is 350 g/mol. The van der Waals surface area contributed by atoms with Crippen LogP contribution < -0.4 is 16.0 Å². The first kappa shape index (κ1) is 20.7. The third-order valence-corrected chi connectivity index (χ3v) is 5.35. The van der Waals surface area contributed by atoms with Gasteiger partial charge in [0.2, 0.25) is 5.91 Å². The highest BCUT2D eigenvalue weighted by Gasteiger charge is 2.38. The zero-order chi connectivity index (χ0) is 18.0. The molecule has 3 N–H and O–H groups in total. The van der Waals surface area contributed by atoms with Crippen LogP contribution in [0.1, 0.15) is 61.9 Å². The second-order valence-corrected chi connectivity index (χ2v) is 7.75. The van der Waals surface area contributed by atoms with Gasteiger partial charge in [-0.1, -0.05) is 18.9 Å².